The van der Waals surface area contributed by atoms with Crippen LogP contribution in [-0.4, -0.2) is 18.8 Å². The molecule has 0 saturated carbocycles. The van der Waals surface area contributed by atoms with Crippen LogP contribution in [0, 0.1) is 0 Å². The summed E-state index contributed by atoms with van der Waals surface area (Å²) < 4.78 is 10.9. The highest BCUT2D eigenvalue weighted by molar-refractivity contribution is 5.35. The van der Waals surface area contributed by atoms with Crippen LogP contribution >= 0.6 is 0 Å². The minimum absolute atomic E-state index is 0.196. The third-order valence-corrected chi connectivity index (χ3v) is 3.45. The lowest BCUT2D eigenvalue weighted by molar-refractivity contribution is 0.105. The summed E-state index contributed by atoms with van der Waals surface area (Å²) in [5, 5.41) is 10.2. The molecule has 2 aromatic carbocycles. The summed E-state index contributed by atoms with van der Waals surface area (Å²) in [5.74, 6) is 1.93. The van der Waals surface area contributed by atoms with E-state index in [-0.39, 0.29) is 6.61 Å². The standard InChI is InChI=1S/C18H22O3/c1-13(2)14-8-10-15(11-9-14)21-12-17(19)16-6-4-5-7-18(16)20-3/h4-11,13,17,19H,12H2,1-3H3. The molecule has 0 amide bonds. The molecule has 0 saturated heterocycles. The molecule has 1 atom stereocenters. The number of para-hydroxylation sites is 1. The molecule has 21 heavy (non-hydrogen) atoms. The third kappa shape index (κ3) is 3.99. The van der Waals surface area contributed by atoms with Gasteiger partial charge in [-0.3, -0.25) is 0 Å². The molecular formula is C18H22O3. The van der Waals surface area contributed by atoms with Crippen molar-refractivity contribution in [3.63, 3.8) is 0 Å². The molecule has 1 unspecified atom stereocenters. The largest absolute Gasteiger partial charge is 0.496 e. The number of hydrogen-bond acceptors (Lipinski definition) is 3. The highest BCUT2D eigenvalue weighted by atomic mass is 16.5. The van der Waals surface area contributed by atoms with Gasteiger partial charge in [-0.25, -0.2) is 0 Å². The smallest absolute Gasteiger partial charge is 0.124 e. The van der Waals surface area contributed by atoms with Crippen LogP contribution in [0.4, 0.5) is 0 Å². The summed E-state index contributed by atoms with van der Waals surface area (Å²) in [4.78, 5) is 0. The van der Waals surface area contributed by atoms with Crippen molar-refractivity contribution in [1.82, 2.24) is 0 Å². The maximum absolute atomic E-state index is 10.2. The van der Waals surface area contributed by atoms with Crippen molar-refractivity contribution in [1.29, 1.82) is 0 Å². The van der Waals surface area contributed by atoms with Crippen molar-refractivity contribution in [2.24, 2.45) is 0 Å². The van der Waals surface area contributed by atoms with E-state index in [0.717, 1.165) is 11.3 Å². The number of methoxy groups -OCH3 is 1. The fourth-order valence-corrected chi connectivity index (χ4v) is 2.16. The first-order valence-electron chi connectivity index (χ1n) is 7.15. The second-order valence-electron chi connectivity index (χ2n) is 5.29. The predicted molar refractivity (Wildman–Crippen MR) is 84.0 cm³/mol. The van der Waals surface area contributed by atoms with Gasteiger partial charge in [0.05, 0.1) is 7.11 Å². The zero-order valence-electron chi connectivity index (χ0n) is 12.7. The predicted octanol–water partition coefficient (Wildman–Crippen LogP) is 3.93. The molecular weight excluding hydrogens is 264 g/mol. The quantitative estimate of drug-likeness (QED) is 0.874. The van der Waals surface area contributed by atoms with Gasteiger partial charge in [0.1, 0.15) is 24.2 Å². The van der Waals surface area contributed by atoms with E-state index in [2.05, 4.69) is 26.0 Å². The average molecular weight is 286 g/mol. The Kier molecular flexibility index (Phi) is 5.23. The summed E-state index contributed by atoms with van der Waals surface area (Å²) in [7, 11) is 1.59. The van der Waals surface area contributed by atoms with E-state index < -0.39 is 6.10 Å². The van der Waals surface area contributed by atoms with Crippen LogP contribution in [0.5, 0.6) is 11.5 Å². The first-order chi connectivity index (χ1) is 10.1. The van der Waals surface area contributed by atoms with Gasteiger partial charge in [-0.2, -0.15) is 0 Å². The van der Waals surface area contributed by atoms with Gasteiger partial charge in [-0.15, -0.1) is 0 Å². The molecule has 0 fully saturated rings. The van der Waals surface area contributed by atoms with Crippen LogP contribution in [0.25, 0.3) is 0 Å². The van der Waals surface area contributed by atoms with Gasteiger partial charge in [-0.05, 0) is 29.7 Å². The van der Waals surface area contributed by atoms with Crippen LogP contribution in [-0.2, 0) is 0 Å². The molecule has 0 aliphatic rings. The number of benzene rings is 2. The van der Waals surface area contributed by atoms with Gasteiger partial charge in [0.2, 0.25) is 0 Å². The monoisotopic (exact) mass is 286 g/mol. The topological polar surface area (TPSA) is 38.7 Å². The SMILES string of the molecule is COc1ccccc1C(O)COc1ccc(C(C)C)cc1. The van der Waals surface area contributed by atoms with Crippen molar-refractivity contribution < 1.29 is 14.6 Å². The van der Waals surface area contributed by atoms with Crippen molar-refractivity contribution in [2.75, 3.05) is 13.7 Å². The van der Waals surface area contributed by atoms with Gasteiger partial charge >= 0.3 is 0 Å². The first kappa shape index (κ1) is 15.4. The molecule has 0 spiro atoms. The molecule has 3 nitrogen and oxygen atoms in total. The van der Waals surface area contributed by atoms with Crippen LogP contribution in [0.2, 0.25) is 0 Å². The molecule has 0 bridgehead atoms. The van der Waals surface area contributed by atoms with E-state index in [1.807, 2.05) is 36.4 Å². The first-order valence-corrected chi connectivity index (χ1v) is 7.15. The fraction of sp³-hybridized carbons (Fsp3) is 0.333. The lowest BCUT2D eigenvalue weighted by Gasteiger charge is -2.16. The normalized spacial score (nSPS) is 12.2. The Labute approximate surface area is 126 Å². The number of rotatable bonds is 6. The zero-order valence-corrected chi connectivity index (χ0v) is 12.7. The van der Waals surface area contributed by atoms with Crippen molar-refractivity contribution in [3.8, 4) is 11.5 Å². The van der Waals surface area contributed by atoms with Crippen LogP contribution < -0.4 is 9.47 Å². The average Bonchev–Trinajstić information content (AvgIpc) is 2.52. The van der Waals surface area contributed by atoms with E-state index in [4.69, 9.17) is 9.47 Å². The van der Waals surface area contributed by atoms with Gasteiger partial charge in [0.25, 0.3) is 0 Å². The Bertz CT molecular complexity index is 561. The fourth-order valence-electron chi connectivity index (χ4n) is 2.16. The molecule has 0 radical (unpaired) electrons. The van der Waals surface area contributed by atoms with Gasteiger partial charge < -0.3 is 14.6 Å². The van der Waals surface area contributed by atoms with Crippen LogP contribution in [0.3, 0.4) is 0 Å². The molecule has 2 aromatic rings. The molecule has 0 aliphatic heterocycles. The van der Waals surface area contributed by atoms with Gasteiger partial charge in [0, 0.05) is 5.56 Å². The maximum Gasteiger partial charge on any atom is 0.124 e. The second kappa shape index (κ2) is 7.14. The molecule has 2 rings (SSSR count). The molecule has 0 aliphatic carbocycles. The minimum Gasteiger partial charge on any atom is -0.496 e. The van der Waals surface area contributed by atoms with Crippen molar-refractivity contribution >= 4 is 0 Å². The van der Waals surface area contributed by atoms with Crippen LogP contribution in [0.1, 0.15) is 37.0 Å². The Hall–Kier alpha value is -2.00. The molecule has 0 aromatic heterocycles. The number of aliphatic hydroxyl groups is 1. The number of hydrogen-bond donors (Lipinski definition) is 1. The van der Waals surface area contributed by atoms with E-state index in [1.165, 1.54) is 5.56 Å². The van der Waals surface area contributed by atoms with E-state index >= 15 is 0 Å². The van der Waals surface area contributed by atoms with E-state index in [0.29, 0.717) is 11.7 Å². The van der Waals surface area contributed by atoms with Gasteiger partial charge in [0.15, 0.2) is 0 Å². The van der Waals surface area contributed by atoms with Crippen LogP contribution in [0.15, 0.2) is 48.5 Å². The summed E-state index contributed by atoms with van der Waals surface area (Å²) in [6, 6.07) is 15.4. The number of aliphatic hydroxyl groups excluding tert-OH is 1. The van der Waals surface area contributed by atoms with E-state index in [1.54, 1.807) is 7.11 Å². The minimum atomic E-state index is -0.717. The highest BCUT2D eigenvalue weighted by Crippen LogP contribution is 2.26. The van der Waals surface area contributed by atoms with Crippen molar-refractivity contribution in [3.05, 3.63) is 59.7 Å². The Morgan fingerprint density at radius 1 is 1.00 bits per heavy atom. The molecule has 0 heterocycles. The number of ether oxygens (including phenoxy) is 2. The van der Waals surface area contributed by atoms with Crippen molar-refractivity contribution in [2.45, 2.75) is 25.9 Å². The molecule has 3 heteroatoms. The maximum atomic E-state index is 10.2. The Balaban J connectivity index is 1.99. The summed E-state index contributed by atoms with van der Waals surface area (Å²) in [6.45, 7) is 4.50. The highest BCUT2D eigenvalue weighted by Gasteiger charge is 2.13. The third-order valence-electron chi connectivity index (χ3n) is 3.45. The zero-order chi connectivity index (χ0) is 15.2. The molecule has 112 valence electrons. The lowest BCUT2D eigenvalue weighted by atomic mass is 10.0. The summed E-state index contributed by atoms with van der Waals surface area (Å²) >= 11 is 0. The second-order valence-corrected chi connectivity index (χ2v) is 5.29. The van der Waals surface area contributed by atoms with E-state index in [9.17, 15) is 5.11 Å². The summed E-state index contributed by atoms with van der Waals surface area (Å²) in [6.07, 6.45) is -0.717. The van der Waals surface area contributed by atoms with Gasteiger partial charge in [-0.1, -0.05) is 44.2 Å². The Morgan fingerprint density at radius 3 is 2.29 bits per heavy atom. The lowest BCUT2D eigenvalue weighted by Crippen LogP contribution is -2.10. The summed E-state index contributed by atoms with van der Waals surface area (Å²) in [5.41, 5.74) is 2.01. The molecule has 1 N–H and O–H groups in total. The Morgan fingerprint density at radius 2 is 1.67 bits per heavy atom.